The number of benzene rings is 2. The van der Waals surface area contributed by atoms with Gasteiger partial charge < -0.3 is 9.80 Å². The Morgan fingerprint density at radius 3 is 2.39 bits per heavy atom. The molecule has 0 atom stereocenters. The summed E-state index contributed by atoms with van der Waals surface area (Å²) in [6.07, 6.45) is 1.46. The minimum absolute atomic E-state index is 0.0568. The molecule has 2 aromatic carbocycles. The quantitative estimate of drug-likeness (QED) is 0.451. The zero-order chi connectivity index (χ0) is 22.0. The molecule has 1 aliphatic rings. The number of anilines is 1. The largest absolute Gasteiger partial charge is 0.353 e. The lowest BCUT2D eigenvalue weighted by atomic mass is 10.1. The number of amides is 1. The van der Waals surface area contributed by atoms with Crippen molar-refractivity contribution >= 4 is 29.0 Å². The maximum Gasteiger partial charge on any atom is 0.270 e. The van der Waals surface area contributed by atoms with Gasteiger partial charge in [0.1, 0.15) is 18.0 Å². The van der Waals surface area contributed by atoms with Crippen LogP contribution in [0.4, 0.5) is 15.9 Å². The summed E-state index contributed by atoms with van der Waals surface area (Å²) in [4.78, 5) is 35.4. The third-order valence-electron chi connectivity index (χ3n) is 5.08. The van der Waals surface area contributed by atoms with Gasteiger partial charge >= 0.3 is 0 Å². The molecule has 8 nitrogen and oxygen atoms in total. The highest BCUT2D eigenvalue weighted by molar-refractivity contribution is 6.34. The first kappa shape index (κ1) is 20.7. The van der Waals surface area contributed by atoms with E-state index >= 15 is 0 Å². The first-order valence-electron chi connectivity index (χ1n) is 9.48. The van der Waals surface area contributed by atoms with Crippen molar-refractivity contribution in [2.75, 3.05) is 31.1 Å². The van der Waals surface area contributed by atoms with Crippen LogP contribution in [-0.4, -0.2) is 51.9 Å². The molecule has 10 heteroatoms. The number of nitro groups is 1. The third kappa shape index (κ3) is 4.46. The second kappa shape index (κ2) is 8.65. The number of halogens is 2. The van der Waals surface area contributed by atoms with E-state index in [-0.39, 0.29) is 28.0 Å². The lowest BCUT2D eigenvalue weighted by Gasteiger charge is -2.35. The molecule has 0 saturated carbocycles. The Kier molecular flexibility index (Phi) is 5.77. The van der Waals surface area contributed by atoms with Crippen LogP contribution in [0, 0.1) is 15.9 Å². The molecule has 158 valence electrons. The molecule has 2 heterocycles. The van der Waals surface area contributed by atoms with Crippen molar-refractivity contribution in [1.82, 2.24) is 14.9 Å². The molecule has 0 radical (unpaired) electrons. The van der Waals surface area contributed by atoms with E-state index < -0.39 is 4.92 Å². The van der Waals surface area contributed by atoms with Gasteiger partial charge in [0.25, 0.3) is 11.6 Å². The van der Waals surface area contributed by atoms with Crippen LogP contribution in [0.1, 0.15) is 10.4 Å². The van der Waals surface area contributed by atoms with Gasteiger partial charge in [-0.3, -0.25) is 14.9 Å². The summed E-state index contributed by atoms with van der Waals surface area (Å²) >= 11 is 6.09. The second-order valence-electron chi connectivity index (χ2n) is 6.97. The first-order chi connectivity index (χ1) is 14.9. The number of nitrogens with zero attached hydrogens (tertiary/aromatic N) is 5. The number of hydrogen-bond acceptors (Lipinski definition) is 6. The molecule has 1 fully saturated rings. The van der Waals surface area contributed by atoms with Crippen molar-refractivity contribution in [2.45, 2.75) is 0 Å². The van der Waals surface area contributed by atoms with Gasteiger partial charge in [-0.25, -0.2) is 14.4 Å². The number of piperazine rings is 1. The van der Waals surface area contributed by atoms with Crippen LogP contribution in [0.5, 0.6) is 0 Å². The molecule has 1 amide bonds. The monoisotopic (exact) mass is 441 g/mol. The number of carbonyl (C=O) groups is 1. The maximum absolute atomic E-state index is 13.2. The summed E-state index contributed by atoms with van der Waals surface area (Å²) < 4.78 is 13.2. The molecular weight excluding hydrogens is 425 g/mol. The van der Waals surface area contributed by atoms with E-state index in [0.717, 1.165) is 11.4 Å². The van der Waals surface area contributed by atoms with Crippen LogP contribution in [0.25, 0.3) is 11.3 Å². The molecule has 0 unspecified atom stereocenters. The van der Waals surface area contributed by atoms with Gasteiger partial charge in [-0.15, -0.1) is 0 Å². The smallest absolute Gasteiger partial charge is 0.270 e. The predicted octanol–water partition coefficient (Wildman–Crippen LogP) is 3.81. The molecule has 1 aromatic heterocycles. The Morgan fingerprint density at radius 1 is 1.03 bits per heavy atom. The Labute approximate surface area is 182 Å². The van der Waals surface area contributed by atoms with Gasteiger partial charge in [0.05, 0.1) is 21.2 Å². The topological polar surface area (TPSA) is 92.5 Å². The van der Waals surface area contributed by atoms with Gasteiger partial charge in [0.2, 0.25) is 0 Å². The molecule has 1 saturated heterocycles. The molecule has 3 aromatic rings. The van der Waals surface area contributed by atoms with Crippen molar-refractivity contribution < 1.29 is 14.1 Å². The van der Waals surface area contributed by atoms with Gasteiger partial charge in [0, 0.05) is 49.9 Å². The predicted molar refractivity (Wildman–Crippen MR) is 114 cm³/mol. The van der Waals surface area contributed by atoms with Crippen LogP contribution in [-0.2, 0) is 0 Å². The minimum atomic E-state index is -0.555. The first-order valence-corrected chi connectivity index (χ1v) is 9.86. The highest BCUT2D eigenvalue weighted by atomic mass is 35.5. The van der Waals surface area contributed by atoms with E-state index in [2.05, 4.69) is 9.97 Å². The summed E-state index contributed by atoms with van der Waals surface area (Å²) in [6.45, 7) is 2.00. The van der Waals surface area contributed by atoms with Crippen LogP contribution < -0.4 is 4.90 Å². The van der Waals surface area contributed by atoms with E-state index in [1.165, 1.54) is 36.7 Å². The van der Waals surface area contributed by atoms with Crippen molar-refractivity contribution in [3.63, 3.8) is 0 Å². The Morgan fingerprint density at radius 2 is 1.74 bits per heavy atom. The average molecular weight is 442 g/mol. The molecule has 1 aliphatic heterocycles. The Bertz CT molecular complexity index is 1130. The summed E-state index contributed by atoms with van der Waals surface area (Å²) in [6, 6.07) is 11.7. The average Bonchev–Trinajstić information content (AvgIpc) is 2.79. The molecule has 0 spiro atoms. The van der Waals surface area contributed by atoms with E-state index in [4.69, 9.17) is 11.6 Å². The van der Waals surface area contributed by atoms with E-state index in [0.29, 0.717) is 31.9 Å². The van der Waals surface area contributed by atoms with E-state index in [9.17, 15) is 19.3 Å². The van der Waals surface area contributed by atoms with E-state index in [1.54, 1.807) is 17.0 Å². The fraction of sp³-hybridized carbons (Fsp3) is 0.190. The van der Waals surface area contributed by atoms with Crippen molar-refractivity contribution in [1.29, 1.82) is 0 Å². The van der Waals surface area contributed by atoms with Crippen molar-refractivity contribution in [2.24, 2.45) is 0 Å². The molecular formula is C21H17ClFN5O3. The second-order valence-corrected chi connectivity index (χ2v) is 7.38. The van der Waals surface area contributed by atoms with Gasteiger partial charge in [-0.2, -0.15) is 0 Å². The maximum atomic E-state index is 13.2. The van der Waals surface area contributed by atoms with E-state index in [1.807, 2.05) is 11.0 Å². The fourth-order valence-electron chi connectivity index (χ4n) is 3.40. The number of hydrogen-bond donors (Lipinski definition) is 0. The van der Waals surface area contributed by atoms with Crippen LogP contribution in [0.15, 0.2) is 54.9 Å². The van der Waals surface area contributed by atoms with Crippen LogP contribution >= 0.6 is 11.6 Å². The Balaban J connectivity index is 1.44. The lowest BCUT2D eigenvalue weighted by Crippen LogP contribution is -2.49. The summed E-state index contributed by atoms with van der Waals surface area (Å²) in [5.41, 5.74) is 1.54. The third-order valence-corrected chi connectivity index (χ3v) is 5.39. The Hall–Kier alpha value is -3.59. The number of aromatic nitrogens is 2. The fourth-order valence-corrected chi connectivity index (χ4v) is 3.65. The zero-order valence-corrected chi connectivity index (χ0v) is 17.0. The molecule has 0 bridgehead atoms. The van der Waals surface area contributed by atoms with Crippen molar-refractivity contribution in [3.05, 3.63) is 81.4 Å². The number of nitro benzene ring substituents is 1. The number of non-ortho nitro benzene ring substituents is 1. The highest BCUT2D eigenvalue weighted by Gasteiger charge is 2.25. The highest BCUT2D eigenvalue weighted by Crippen LogP contribution is 2.25. The standard InChI is InChI=1S/C21H17ClFN5O3/c22-18-11-16(28(30)31)5-6-17(18)21(29)27-9-7-26(8-10-27)20-12-19(24-13-25-20)14-1-3-15(23)4-2-14/h1-6,11-13H,7-10H2. The molecule has 4 rings (SSSR count). The number of rotatable bonds is 4. The summed E-state index contributed by atoms with van der Waals surface area (Å²) in [5, 5.41) is 10.9. The van der Waals surface area contributed by atoms with Gasteiger partial charge in [-0.05, 0) is 30.3 Å². The molecule has 0 N–H and O–H groups in total. The summed E-state index contributed by atoms with van der Waals surface area (Å²) in [5.74, 6) is 0.135. The number of carbonyl (C=O) groups excluding carboxylic acids is 1. The van der Waals surface area contributed by atoms with Crippen LogP contribution in [0.3, 0.4) is 0 Å². The van der Waals surface area contributed by atoms with Crippen molar-refractivity contribution in [3.8, 4) is 11.3 Å². The minimum Gasteiger partial charge on any atom is -0.353 e. The van der Waals surface area contributed by atoms with Crippen LogP contribution in [0.2, 0.25) is 5.02 Å². The summed E-state index contributed by atoms with van der Waals surface area (Å²) in [7, 11) is 0. The molecule has 0 aliphatic carbocycles. The normalized spacial score (nSPS) is 13.9. The zero-order valence-electron chi connectivity index (χ0n) is 16.2. The van der Waals surface area contributed by atoms with Gasteiger partial charge in [0.15, 0.2) is 0 Å². The SMILES string of the molecule is O=C(c1ccc([N+](=O)[O-])cc1Cl)N1CCN(c2cc(-c3ccc(F)cc3)ncn2)CC1. The van der Waals surface area contributed by atoms with Gasteiger partial charge in [-0.1, -0.05) is 11.6 Å². The molecule has 31 heavy (non-hydrogen) atoms. The lowest BCUT2D eigenvalue weighted by molar-refractivity contribution is -0.384.